The number of pyridine rings is 1. The molecular weight excluding hydrogens is 458 g/mol. The van der Waals surface area contributed by atoms with Crippen LogP contribution in [0.2, 0.25) is 0 Å². The lowest BCUT2D eigenvalue weighted by Crippen LogP contribution is -2.07. The maximum Gasteiger partial charge on any atom is 0.339 e. The molecular formula is C25H18BrNO4. The minimum absolute atomic E-state index is 0.0879. The van der Waals surface area contributed by atoms with E-state index >= 15 is 0 Å². The summed E-state index contributed by atoms with van der Waals surface area (Å²) >= 11 is 3.43. The molecule has 0 aliphatic rings. The van der Waals surface area contributed by atoms with Crippen molar-refractivity contribution < 1.29 is 19.1 Å². The van der Waals surface area contributed by atoms with E-state index in [0.717, 1.165) is 26.5 Å². The SMILES string of the molecule is COC(=O)c1ccc(COC(=O)c2cc(-c3ccc(Br)cc3)nc3ccccc23)cc1. The molecule has 0 spiro atoms. The zero-order valence-corrected chi connectivity index (χ0v) is 18.3. The Labute approximate surface area is 187 Å². The Morgan fingerprint density at radius 2 is 1.61 bits per heavy atom. The van der Waals surface area contributed by atoms with Crippen molar-refractivity contribution in [3.63, 3.8) is 0 Å². The van der Waals surface area contributed by atoms with Crippen LogP contribution in [0, 0.1) is 0 Å². The number of ether oxygens (including phenoxy) is 2. The number of hydrogen-bond donors (Lipinski definition) is 0. The Kier molecular flexibility index (Phi) is 6.09. The highest BCUT2D eigenvalue weighted by Crippen LogP contribution is 2.26. The molecule has 0 amide bonds. The molecule has 6 heteroatoms. The van der Waals surface area contributed by atoms with E-state index in [0.29, 0.717) is 16.8 Å². The van der Waals surface area contributed by atoms with E-state index in [2.05, 4.69) is 15.9 Å². The van der Waals surface area contributed by atoms with Crippen molar-refractivity contribution >= 4 is 38.8 Å². The van der Waals surface area contributed by atoms with E-state index in [9.17, 15) is 9.59 Å². The number of halogens is 1. The van der Waals surface area contributed by atoms with Gasteiger partial charge in [0.05, 0.1) is 29.4 Å². The number of benzene rings is 3. The van der Waals surface area contributed by atoms with Gasteiger partial charge in [0, 0.05) is 15.4 Å². The number of hydrogen-bond acceptors (Lipinski definition) is 5. The second-order valence-corrected chi connectivity index (χ2v) is 7.76. The van der Waals surface area contributed by atoms with Gasteiger partial charge in [0.25, 0.3) is 0 Å². The molecule has 4 aromatic rings. The maximum absolute atomic E-state index is 13.0. The van der Waals surface area contributed by atoms with Gasteiger partial charge in [-0.2, -0.15) is 0 Å². The second-order valence-electron chi connectivity index (χ2n) is 6.84. The Hall–Kier alpha value is -3.51. The normalized spacial score (nSPS) is 10.6. The summed E-state index contributed by atoms with van der Waals surface area (Å²) in [6, 6.07) is 23.7. The van der Waals surface area contributed by atoms with E-state index < -0.39 is 11.9 Å². The lowest BCUT2D eigenvalue weighted by atomic mass is 10.0. The monoisotopic (exact) mass is 475 g/mol. The van der Waals surface area contributed by atoms with Gasteiger partial charge in [0.15, 0.2) is 0 Å². The molecule has 3 aromatic carbocycles. The van der Waals surface area contributed by atoms with E-state index in [4.69, 9.17) is 14.5 Å². The minimum atomic E-state index is -0.436. The van der Waals surface area contributed by atoms with Crippen molar-refractivity contribution in [3.05, 3.63) is 100 Å². The summed E-state index contributed by atoms with van der Waals surface area (Å²) in [5, 5.41) is 0.731. The summed E-state index contributed by atoms with van der Waals surface area (Å²) in [4.78, 5) is 29.2. The fourth-order valence-corrected chi connectivity index (χ4v) is 3.46. The van der Waals surface area contributed by atoms with Crippen LogP contribution in [0.5, 0.6) is 0 Å². The highest BCUT2D eigenvalue weighted by Gasteiger charge is 2.15. The highest BCUT2D eigenvalue weighted by atomic mass is 79.9. The van der Waals surface area contributed by atoms with Gasteiger partial charge >= 0.3 is 11.9 Å². The minimum Gasteiger partial charge on any atom is -0.465 e. The molecule has 1 aromatic heterocycles. The first-order valence-electron chi connectivity index (χ1n) is 9.55. The molecule has 0 saturated carbocycles. The van der Waals surface area contributed by atoms with Gasteiger partial charge in [-0.25, -0.2) is 14.6 Å². The van der Waals surface area contributed by atoms with E-state index in [1.54, 1.807) is 30.3 Å². The van der Waals surface area contributed by atoms with Gasteiger partial charge in [0.2, 0.25) is 0 Å². The third-order valence-corrected chi connectivity index (χ3v) is 5.35. The predicted molar refractivity (Wildman–Crippen MR) is 122 cm³/mol. The van der Waals surface area contributed by atoms with Gasteiger partial charge in [-0.15, -0.1) is 0 Å². The van der Waals surface area contributed by atoms with Crippen LogP contribution in [0.15, 0.2) is 83.3 Å². The van der Waals surface area contributed by atoms with Crippen LogP contribution in [-0.2, 0) is 16.1 Å². The lowest BCUT2D eigenvalue weighted by molar-refractivity contribution is 0.0473. The van der Waals surface area contributed by atoms with Crippen molar-refractivity contribution in [2.24, 2.45) is 0 Å². The first kappa shape index (κ1) is 20.8. The predicted octanol–water partition coefficient (Wildman–Crippen LogP) is 5.81. The molecule has 0 aliphatic carbocycles. The molecule has 0 unspecified atom stereocenters. The van der Waals surface area contributed by atoms with Crippen LogP contribution < -0.4 is 0 Å². The van der Waals surface area contributed by atoms with Crippen molar-refractivity contribution in [2.45, 2.75) is 6.61 Å². The molecule has 0 atom stereocenters. The summed E-state index contributed by atoms with van der Waals surface area (Å²) in [5.74, 6) is -0.846. The lowest BCUT2D eigenvalue weighted by Gasteiger charge is -2.11. The van der Waals surface area contributed by atoms with Crippen LogP contribution >= 0.6 is 15.9 Å². The third kappa shape index (κ3) is 4.64. The average Bonchev–Trinajstić information content (AvgIpc) is 2.82. The average molecular weight is 476 g/mol. The first-order valence-corrected chi connectivity index (χ1v) is 10.3. The van der Waals surface area contributed by atoms with Crippen LogP contribution in [0.3, 0.4) is 0 Å². The topological polar surface area (TPSA) is 65.5 Å². The van der Waals surface area contributed by atoms with Gasteiger partial charge in [-0.05, 0) is 42.0 Å². The van der Waals surface area contributed by atoms with Crippen LogP contribution in [-0.4, -0.2) is 24.0 Å². The standard InChI is InChI=1S/C25H18BrNO4/c1-30-24(28)18-8-6-16(7-9-18)15-31-25(29)21-14-23(17-10-12-19(26)13-11-17)27-22-5-3-2-4-20(21)22/h2-14H,15H2,1H3. The van der Waals surface area contributed by atoms with E-state index in [-0.39, 0.29) is 6.61 Å². The molecule has 1 heterocycles. The number of carbonyl (C=O) groups excluding carboxylic acids is 2. The molecule has 0 aliphatic heterocycles. The Morgan fingerprint density at radius 1 is 0.903 bits per heavy atom. The zero-order valence-electron chi connectivity index (χ0n) is 16.7. The second kappa shape index (κ2) is 9.10. The van der Waals surface area contributed by atoms with Crippen molar-refractivity contribution in [2.75, 3.05) is 7.11 Å². The van der Waals surface area contributed by atoms with Crippen LogP contribution in [0.1, 0.15) is 26.3 Å². The number of esters is 2. The number of rotatable bonds is 5. The number of nitrogens with zero attached hydrogens (tertiary/aromatic N) is 1. The number of fused-ring (bicyclic) bond motifs is 1. The Bertz CT molecular complexity index is 1250. The molecule has 5 nitrogen and oxygen atoms in total. The van der Waals surface area contributed by atoms with Crippen molar-refractivity contribution in [1.29, 1.82) is 0 Å². The molecule has 0 radical (unpaired) electrons. The van der Waals surface area contributed by atoms with Gasteiger partial charge in [-0.1, -0.05) is 58.4 Å². The van der Waals surface area contributed by atoms with Gasteiger partial charge in [0.1, 0.15) is 6.61 Å². The number of methoxy groups -OCH3 is 1. The largest absolute Gasteiger partial charge is 0.465 e. The van der Waals surface area contributed by atoms with Gasteiger partial charge < -0.3 is 9.47 Å². The van der Waals surface area contributed by atoms with Gasteiger partial charge in [-0.3, -0.25) is 0 Å². The van der Waals surface area contributed by atoms with Crippen molar-refractivity contribution in [3.8, 4) is 11.3 Å². The number of para-hydroxylation sites is 1. The van der Waals surface area contributed by atoms with E-state index in [1.807, 2.05) is 48.5 Å². The zero-order chi connectivity index (χ0) is 21.8. The summed E-state index contributed by atoms with van der Waals surface area (Å²) in [6.07, 6.45) is 0. The molecule has 0 N–H and O–H groups in total. The smallest absolute Gasteiger partial charge is 0.339 e. The van der Waals surface area contributed by atoms with E-state index in [1.165, 1.54) is 7.11 Å². The summed E-state index contributed by atoms with van der Waals surface area (Å²) in [7, 11) is 1.33. The molecule has 0 bridgehead atoms. The molecule has 4 rings (SSSR count). The van der Waals surface area contributed by atoms with Crippen LogP contribution in [0.25, 0.3) is 22.2 Å². The van der Waals surface area contributed by atoms with Crippen molar-refractivity contribution in [1.82, 2.24) is 4.98 Å². The quantitative estimate of drug-likeness (QED) is 0.340. The molecule has 0 fully saturated rings. The fraction of sp³-hybridized carbons (Fsp3) is 0.0800. The summed E-state index contributed by atoms with van der Waals surface area (Å²) < 4.78 is 11.2. The summed E-state index contributed by atoms with van der Waals surface area (Å²) in [5.41, 5.74) is 3.98. The molecule has 31 heavy (non-hydrogen) atoms. The molecule has 0 saturated heterocycles. The highest BCUT2D eigenvalue weighted by molar-refractivity contribution is 9.10. The molecule has 154 valence electrons. The Balaban J connectivity index is 1.61. The van der Waals surface area contributed by atoms with Crippen LogP contribution in [0.4, 0.5) is 0 Å². The Morgan fingerprint density at radius 3 is 2.32 bits per heavy atom. The fourth-order valence-electron chi connectivity index (χ4n) is 3.19. The third-order valence-electron chi connectivity index (χ3n) is 4.82. The maximum atomic E-state index is 13.0. The number of aromatic nitrogens is 1. The summed E-state index contributed by atoms with van der Waals surface area (Å²) in [6.45, 7) is 0.0879. The number of carbonyl (C=O) groups is 2. The first-order chi connectivity index (χ1) is 15.0.